The van der Waals surface area contributed by atoms with Crippen molar-refractivity contribution in [2.45, 2.75) is 45.8 Å². The maximum absolute atomic E-state index is 11.3. The molecule has 0 heterocycles. The standard InChI is InChI=1S/C11H23NO3/c1-10(2,7-11(3,4)15-6)8(12)9(13)14-5/h8H,7,12H2,1-6H3. The van der Waals surface area contributed by atoms with Crippen molar-refractivity contribution in [3.63, 3.8) is 0 Å². The first-order valence-electron chi connectivity index (χ1n) is 5.05. The van der Waals surface area contributed by atoms with Gasteiger partial charge in [-0.3, -0.25) is 4.79 Å². The number of esters is 1. The number of hydrogen-bond acceptors (Lipinski definition) is 4. The topological polar surface area (TPSA) is 61.5 Å². The van der Waals surface area contributed by atoms with E-state index in [9.17, 15) is 4.79 Å². The summed E-state index contributed by atoms with van der Waals surface area (Å²) in [4.78, 5) is 11.3. The van der Waals surface area contributed by atoms with Gasteiger partial charge in [-0.15, -0.1) is 0 Å². The molecule has 15 heavy (non-hydrogen) atoms. The minimum Gasteiger partial charge on any atom is -0.468 e. The third kappa shape index (κ3) is 4.18. The summed E-state index contributed by atoms with van der Waals surface area (Å²) in [5.41, 5.74) is 5.19. The molecule has 0 aromatic rings. The molecule has 0 fully saturated rings. The molecule has 4 heteroatoms. The summed E-state index contributed by atoms with van der Waals surface area (Å²) in [5.74, 6) is -0.382. The molecular formula is C11H23NO3. The van der Waals surface area contributed by atoms with Gasteiger partial charge in [0.2, 0.25) is 0 Å². The lowest BCUT2D eigenvalue weighted by Crippen LogP contribution is -2.48. The van der Waals surface area contributed by atoms with Crippen molar-refractivity contribution in [2.24, 2.45) is 11.1 Å². The van der Waals surface area contributed by atoms with Crippen LogP contribution < -0.4 is 5.73 Å². The van der Waals surface area contributed by atoms with Crippen molar-refractivity contribution in [3.8, 4) is 0 Å². The summed E-state index contributed by atoms with van der Waals surface area (Å²) in [6.07, 6.45) is 0.687. The number of ether oxygens (including phenoxy) is 2. The molecule has 0 rings (SSSR count). The number of methoxy groups -OCH3 is 2. The van der Waals surface area contributed by atoms with Crippen molar-refractivity contribution in [3.05, 3.63) is 0 Å². The molecule has 4 nitrogen and oxygen atoms in total. The maximum Gasteiger partial charge on any atom is 0.323 e. The van der Waals surface area contributed by atoms with Gasteiger partial charge in [0.05, 0.1) is 12.7 Å². The van der Waals surface area contributed by atoms with Gasteiger partial charge in [-0.2, -0.15) is 0 Å². The molecule has 0 aliphatic rings. The molecule has 0 aromatic carbocycles. The van der Waals surface area contributed by atoms with E-state index in [4.69, 9.17) is 10.5 Å². The van der Waals surface area contributed by atoms with Crippen LogP contribution in [0.1, 0.15) is 34.1 Å². The molecule has 0 radical (unpaired) electrons. The van der Waals surface area contributed by atoms with Crippen LogP contribution in [0, 0.1) is 5.41 Å². The highest BCUT2D eigenvalue weighted by Crippen LogP contribution is 2.32. The molecule has 0 aromatic heterocycles. The minimum atomic E-state index is -0.628. The fourth-order valence-electron chi connectivity index (χ4n) is 1.73. The van der Waals surface area contributed by atoms with Gasteiger partial charge in [0.1, 0.15) is 6.04 Å². The Morgan fingerprint density at radius 3 is 2.07 bits per heavy atom. The van der Waals surface area contributed by atoms with Gasteiger partial charge in [-0.25, -0.2) is 0 Å². The summed E-state index contributed by atoms with van der Waals surface area (Å²) >= 11 is 0. The Labute approximate surface area is 92.1 Å². The third-order valence-corrected chi connectivity index (χ3v) is 2.73. The van der Waals surface area contributed by atoms with E-state index in [0.717, 1.165) is 0 Å². The van der Waals surface area contributed by atoms with E-state index in [2.05, 4.69) is 4.74 Å². The third-order valence-electron chi connectivity index (χ3n) is 2.73. The highest BCUT2D eigenvalue weighted by molar-refractivity contribution is 5.76. The number of carbonyl (C=O) groups is 1. The molecule has 0 bridgehead atoms. The molecule has 1 unspecified atom stereocenters. The first-order chi connectivity index (χ1) is 6.66. The van der Waals surface area contributed by atoms with E-state index >= 15 is 0 Å². The van der Waals surface area contributed by atoms with Crippen LogP contribution in [-0.4, -0.2) is 31.8 Å². The monoisotopic (exact) mass is 217 g/mol. The molecule has 0 amide bonds. The van der Waals surface area contributed by atoms with E-state index < -0.39 is 6.04 Å². The molecule has 0 saturated heterocycles. The summed E-state index contributed by atoms with van der Waals surface area (Å²) in [5, 5.41) is 0. The summed E-state index contributed by atoms with van der Waals surface area (Å²) in [6, 6.07) is -0.628. The Morgan fingerprint density at radius 1 is 1.27 bits per heavy atom. The molecule has 2 N–H and O–H groups in total. The van der Waals surface area contributed by atoms with E-state index in [1.165, 1.54) is 7.11 Å². The molecule has 90 valence electrons. The maximum atomic E-state index is 11.3. The van der Waals surface area contributed by atoms with E-state index in [-0.39, 0.29) is 17.0 Å². The van der Waals surface area contributed by atoms with Crippen LogP contribution in [-0.2, 0) is 14.3 Å². The van der Waals surface area contributed by atoms with Crippen LogP contribution in [0.4, 0.5) is 0 Å². The van der Waals surface area contributed by atoms with Gasteiger partial charge >= 0.3 is 5.97 Å². The smallest absolute Gasteiger partial charge is 0.323 e. The fraction of sp³-hybridized carbons (Fsp3) is 0.909. The number of carbonyl (C=O) groups excluding carboxylic acids is 1. The van der Waals surface area contributed by atoms with E-state index in [0.29, 0.717) is 6.42 Å². The molecule has 0 aliphatic carbocycles. The Hall–Kier alpha value is -0.610. The van der Waals surface area contributed by atoms with Gasteiger partial charge < -0.3 is 15.2 Å². The van der Waals surface area contributed by atoms with Crippen molar-refractivity contribution in [1.82, 2.24) is 0 Å². The fourth-order valence-corrected chi connectivity index (χ4v) is 1.73. The predicted molar refractivity (Wildman–Crippen MR) is 59.5 cm³/mol. The van der Waals surface area contributed by atoms with Gasteiger partial charge in [-0.1, -0.05) is 13.8 Å². The molecule has 0 aliphatic heterocycles. The van der Waals surface area contributed by atoms with E-state index in [1.807, 2.05) is 27.7 Å². The average molecular weight is 217 g/mol. The van der Waals surface area contributed by atoms with Crippen molar-refractivity contribution >= 4 is 5.97 Å². The number of hydrogen-bond donors (Lipinski definition) is 1. The van der Waals surface area contributed by atoms with Crippen LogP contribution in [0.25, 0.3) is 0 Å². The summed E-state index contributed by atoms with van der Waals surface area (Å²) in [6.45, 7) is 7.82. The SMILES string of the molecule is COC(=O)C(N)C(C)(C)CC(C)(C)OC. The molecule has 1 atom stereocenters. The largest absolute Gasteiger partial charge is 0.468 e. The summed E-state index contributed by atoms with van der Waals surface area (Å²) < 4.78 is 9.97. The van der Waals surface area contributed by atoms with Crippen LogP contribution in [0.3, 0.4) is 0 Å². The number of rotatable bonds is 5. The normalized spacial score (nSPS) is 14.9. The lowest BCUT2D eigenvalue weighted by molar-refractivity contribution is -0.146. The first kappa shape index (κ1) is 14.4. The van der Waals surface area contributed by atoms with Crippen molar-refractivity contribution in [1.29, 1.82) is 0 Å². The highest BCUT2D eigenvalue weighted by atomic mass is 16.5. The van der Waals surface area contributed by atoms with Gasteiger partial charge in [0.25, 0.3) is 0 Å². The van der Waals surface area contributed by atoms with Crippen molar-refractivity contribution in [2.75, 3.05) is 14.2 Å². The number of nitrogens with two attached hydrogens (primary N) is 1. The van der Waals surface area contributed by atoms with Gasteiger partial charge in [-0.05, 0) is 25.7 Å². The molecule has 0 spiro atoms. The quantitative estimate of drug-likeness (QED) is 0.706. The Kier molecular flexibility index (Phi) is 4.74. The second-order valence-electron chi connectivity index (χ2n) is 5.13. The Morgan fingerprint density at radius 2 is 1.73 bits per heavy atom. The van der Waals surface area contributed by atoms with Gasteiger partial charge in [0, 0.05) is 7.11 Å². The molecule has 0 saturated carbocycles. The Balaban J connectivity index is 4.61. The zero-order valence-electron chi connectivity index (χ0n) is 10.6. The Bertz CT molecular complexity index is 224. The predicted octanol–water partition coefficient (Wildman–Crippen LogP) is 1.33. The second-order valence-corrected chi connectivity index (χ2v) is 5.13. The lowest BCUT2D eigenvalue weighted by atomic mass is 9.76. The second kappa shape index (κ2) is 4.94. The zero-order valence-corrected chi connectivity index (χ0v) is 10.6. The molecular weight excluding hydrogens is 194 g/mol. The highest BCUT2D eigenvalue weighted by Gasteiger charge is 2.37. The zero-order chi connectivity index (χ0) is 12.3. The van der Waals surface area contributed by atoms with Crippen LogP contribution in [0.2, 0.25) is 0 Å². The average Bonchev–Trinajstić information content (AvgIpc) is 2.14. The van der Waals surface area contributed by atoms with Crippen LogP contribution >= 0.6 is 0 Å². The summed E-state index contributed by atoms with van der Waals surface area (Å²) in [7, 11) is 3.00. The van der Waals surface area contributed by atoms with Gasteiger partial charge in [0.15, 0.2) is 0 Å². The van der Waals surface area contributed by atoms with E-state index in [1.54, 1.807) is 7.11 Å². The lowest BCUT2D eigenvalue weighted by Gasteiger charge is -2.36. The minimum absolute atomic E-state index is 0.296. The van der Waals surface area contributed by atoms with Crippen LogP contribution in [0.5, 0.6) is 0 Å². The first-order valence-corrected chi connectivity index (χ1v) is 5.05. The van der Waals surface area contributed by atoms with Crippen molar-refractivity contribution < 1.29 is 14.3 Å². The van der Waals surface area contributed by atoms with Crippen LogP contribution in [0.15, 0.2) is 0 Å².